The lowest BCUT2D eigenvalue weighted by Gasteiger charge is -2.33. The summed E-state index contributed by atoms with van der Waals surface area (Å²) in [5.41, 5.74) is 2.00. The van der Waals surface area contributed by atoms with Crippen LogP contribution in [0.5, 0.6) is 0 Å². The van der Waals surface area contributed by atoms with Gasteiger partial charge in [-0.1, -0.05) is 19.0 Å². The molecule has 2 heterocycles. The van der Waals surface area contributed by atoms with Crippen LogP contribution in [0.2, 0.25) is 0 Å². The molecule has 21 heavy (non-hydrogen) atoms. The van der Waals surface area contributed by atoms with E-state index in [1.807, 2.05) is 13.8 Å². The normalized spacial score (nSPS) is 22.5. The Morgan fingerprint density at radius 2 is 2.19 bits per heavy atom. The average molecular weight is 294 g/mol. The summed E-state index contributed by atoms with van der Waals surface area (Å²) in [4.78, 5) is 12.4. The highest BCUT2D eigenvalue weighted by Crippen LogP contribution is 2.26. The fraction of sp³-hybridized carbons (Fsp3) is 0.750. The van der Waals surface area contributed by atoms with Gasteiger partial charge >= 0.3 is 0 Å². The molecule has 1 aromatic rings. The molecule has 0 bridgehead atoms. The highest BCUT2D eigenvalue weighted by atomic mass is 16.5. The number of aromatic nitrogens is 1. The van der Waals surface area contributed by atoms with Crippen molar-refractivity contribution < 1.29 is 14.1 Å². The first-order valence-electron chi connectivity index (χ1n) is 7.81. The van der Waals surface area contributed by atoms with Crippen LogP contribution in [0.15, 0.2) is 4.52 Å². The summed E-state index contributed by atoms with van der Waals surface area (Å²) in [7, 11) is 0. The van der Waals surface area contributed by atoms with E-state index in [4.69, 9.17) is 9.26 Å². The number of nitrogens with zero attached hydrogens (tertiary/aromatic N) is 1. The highest BCUT2D eigenvalue weighted by Gasteiger charge is 2.33. The van der Waals surface area contributed by atoms with Gasteiger partial charge in [0.15, 0.2) is 0 Å². The molecule has 5 nitrogen and oxygen atoms in total. The summed E-state index contributed by atoms with van der Waals surface area (Å²) in [6, 6.07) is 0. The largest absolute Gasteiger partial charge is 0.377 e. The van der Waals surface area contributed by atoms with Crippen molar-refractivity contribution in [3.63, 3.8) is 0 Å². The molecule has 1 amide bonds. The predicted octanol–water partition coefficient (Wildman–Crippen LogP) is 2.40. The zero-order valence-electron chi connectivity index (χ0n) is 13.4. The first-order valence-corrected chi connectivity index (χ1v) is 7.81. The Balaban J connectivity index is 1.86. The highest BCUT2D eigenvalue weighted by molar-refractivity contribution is 5.79. The van der Waals surface area contributed by atoms with Crippen molar-refractivity contribution in [2.24, 2.45) is 11.8 Å². The minimum Gasteiger partial charge on any atom is -0.377 e. The number of amides is 1. The molecule has 5 heteroatoms. The molecule has 0 unspecified atom stereocenters. The van der Waals surface area contributed by atoms with E-state index < -0.39 is 0 Å². The van der Waals surface area contributed by atoms with Crippen molar-refractivity contribution in [2.45, 2.75) is 53.1 Å². The Labute approximate surface area is 126 Å². The number of ether oxygens (including phenoxy) is 1. The number of nitrogens with one attached hydrogen (secondary N) is 1. The van der Waals surface area contributed by atoms with Crippen LogP contribution in [0.4, 0.5) is 0 Å². The summed E-state index contributed by atoms with van der Waals surface area (Å²) in [6.45, 7) is 9.44. The molecule has 0 aliphatic carbocycles. The molecule has 2 atom stereocenters. The predicted molar refractivity (Wildman–Crippen MR) is 80.0 cm³/mol. The number of carbonyl (C=O) groups excluding carboxylic acids is 1. The van der Waals surface area contributed by atoms with Crippen molar-refractivity contribution in [3.05, 3.63) is 17.0 Å². The minimum absolute atomic E-state index is 0.0246. The van der Waals surface area contributed by atoms with Gasteiger partial charge in [0.05, 0.1) is 17.7 Å². The van der Waals surface area contributed by atoms with E-state index in [1.165, 1.54) is 0 Å². The monoisotopic (exact) mass is 294 g/mol. The van der Waals surface area contributed by atoms with E-state index in [-0.39, 0.29) is 17.9 Å². The molecular formula is C16H26N2O3. The third-order valence-electron chi connectivity index (χ3n) is 4.22. The van der Waals surface area contributed by atoms with Crippen LogP contribution < -0.4 is 5.32 Å². The molecule has 1 saturated heterocycles. The smallest absolute Gasteiger partial charge is 0.225 e. The molecule has 0 radical (unpaired) electrons. The van der Waals surface area contributed by atoms with Crippen LogP contribution in [0, 0.1) is 25.7 Å². The molecule has 0 spiro atoms. The van der Waals surface area contributed by atoms with Gasteiger partial charge in [-0.25, -0.2) is 0 Å². The molecular weight excluding hydrogens is 268 g/mol. The summed E-state index contributed by atoms with van der Waals surface area (Å²) < 4.78 is 10.9. The summed E-state index contributed by atoms with van der Waals surface area (Å²) >= 11 is 0. The van der Waals surface area contributed by atoms with Gasteiger partial charge in [0.2, 0.25) is 5.91 Å². The molecule has 1 N–H and O–H groups in total. The molecule has 0 saturated carbocycles. The zero-order valence-corrected chi connectivity index (χ0v) is 13.4. The molecule has 1 aliphatic rings. The topological polar surface area (TPSA) is 64.4 Å². The Hall–Kier alpha value is -1.36. The maximum absolute atomic E-state index is 12.4. The fourth-order valence-corrected chi connectivity index (χ4v) is 3.04. The molecule has 1 aliphatic heterocycles. The summed E-state index contributed by atoms with van der Waals surface area (Å²) in [5.74, 6) is 1.29. The van der Waals surface area contributed by atoms with Crippen LogP contribution in [-0.2, 0) is 16.0 Å². The quantitative estimate of drug-likeness (QED) is 0.905. The van der Waals surface area contributed by atoms with E-state index in [2.05, 4.69) is 24.3 Å². The third kappa shape index (κ3) is 3.84. The van der Waals surface area contributed by atoms with E-state index in [1.54, 1.807) is 0 Å². The van der Waals surface area contributed by atoms with Gasteiger partial charge in [-0.05, 0) is 39.0 Å². The summed E-state index contributed by atoms with van der Waals surface area (Å²) in [5, 5.41) is 6.97. The van der Waals surface area contributed by atoms with Gasteiger partial charge in [0, 0.05) is 18.7 Å². The Kier molecular flexibility index (Phi) is 5.39. The molecule has 0 aromatic carbocycles. The van der Waals surface area contributed by atoms with Crippen molar-refractivity contribution in [1.82, 2.24) is 10.5 Å². The lowest BCUT2D eigenvalue weighted by Crippen LogP contribution is -2.44. The van der Waals surface area contributed by atoms with Gasteiger partial charge < -0.3 is 14.6 Å². The van der Waals surface area contributed by atoms with Crippen LogP contribution in [0.1, 0.15) is 43.7 Å². The van der Waals surface area contributed by atoms with Gasteiger partial charge in [0.25, 0.3) is 0 Å². The first kappa shape index (κ1) is 16.0. The number of aryl methyl sites for hydroxylation is 2. The second-order valence-electron chi connectivity index (χ2n) is 6.17. The van der Waals surface area contributed by atoms with Crippen molar-refractivity contribution >= 4 is 5.91 Å². The Morgan fingerprint density at radius 3 is 2.81 bits per heavy atom. The summed E-state index contributed by atoms with van der Waals surface area (Å²) in [6.07, 6.45) is 2.68. The van der Waals surface area contributed by atoms with Gasteiger partial charge in [-0.2, -0.15) is 0 Å². The average Bonchev–Trinajstić information content (AvgIpc) is 2.78. The van der Waals surface area contributed by atoms with Crippen molar-refractivity contribution in [3.8, 4) is 0 Å². The zero-order chi connectivity index (χ0) is 15.4. The van der Waals surface area contributed by atoms with Gasteiger partial charge in [0.1, 0.15) is 5.76 Å². The lowest BCUT2D eigenvalue weighted by molar-refractivity contribution is -0.137. The molecule has 1 fully saturated rings. The third-order valence-corrected chi connectivity index (χ3v) is 4.22. The number of carbonyl (C=O) groups is 1. The molecule has 2 rings (SSSR count). The SMILES string of the molecule is Cc1noc(C)c1CCNC(=O)[C@@H]1CCCO[C@@H]1C(C)C. The van der Waals surface area contributed by atoms with Gasteiger partial charge in [-0.3, -0.25) is 4.79 Å². The fourth-order valence-electron chi connectivity index (χ4n) is 3.04. The van der Waals surface area contributed by atoms with Crippen molar-refractivity contribution in [1.29, 1.82) is 0 Å². The molecule has 1 aromatic heterocycles. The lowest BCUT2D eigenvalue weighted by atomic mass is 9.87. The Morgan fingerprint density at radius 1 is 1.43 bits per heavy atom. The van der Waals surface area contributed by atoms with Crippen LogP contribution in [-0.4, -0.2) is 30.3 Å². The maximum Gasteiger partial charge on any atom is 0.225 e. The van der Waals surface area contributed by atoms with E-state index in [0.29, 0.717) is 12.5 Å². The second kappa shape index (κ2) is 7.07. The Bertz CT molecular complexity index is 462. The number of rotatable bonds is 5. The van der Waals surface area contributed by atoms with E-state index in [0.717, 1.165) is 42.9 Å². The van der Waals surface area contributed by atoms with Crippen LogP contribution >= 0.6 is 0 Å². The number of hydrogen-bond donors (Lipinski definition) is 1. The molecule has 118 valence electrons. The van der Waals surface area contributed by atoms with E-state index in [9.17, 15) is 4.79 Å². The van der Waals surface area contributed by atoms with Crippen molar-refractivity contribution in [2.75, 3.05) is 13.2 Å². The van der Waals surface area contributed by atoms with E-state index >= 15 is 0 Å². The second-order valence-corrected chi connectivity index (χ2v) is 6.17. The van der Waals surface area contributed by atoms with Gasteiger partial charge in [-0.15, -0.1) is 0 Å². The first-order chi connectivity index (χ1) is 10.0. The standard InChI is InChI=1S/C16H26N2O3/c1-10(2)15-14(6-5-9-20-15)16(19)17-8-7-13-11(3)18-21-12(13)4/h10,14-15H,5-9H2,1-4H3,(H,17,19)/t14-,15-/m1/s1. The number of hydrogen-bond acceptors (Lipinski definition) is 4. The van der Waals surface area contributed by atoms with Crippen LogP contribution in [0.3, 0.4) is 0 Å². The minimum atomic E-state index is -0.0246. The maximum atomic E-state index is 12.4. The van der Waals surface area contributed by atoms with Crippen LogP contribution in [0.25, 0.3) is 0 Å².